The Bertz CT molecular complexity index is 2690. The van der Waals surface area contributed by atoms with Gasteiger partial charge in [0.15, 0.2) is 5.69 Å². The van der Waals surface area contributed by atoms with Gasteiger partial charge in [-0.2, -0.15) is 15.8 Å². The Balaban J connectivity index is 1.53. The molecule has 0 atom stereocenters. The number of hydrogen-bond acceptors (Lipinski definition) is 4. The van der Waals surface area contributed by atoms with Crippen LogP contribution in [-0.4, -0.2) is 4.57 Å². The third-order valence-electron chi connectivity index (χ3n) is 8.56. The smallest absolute Gasteiger partial charge is 0.196 e. The van der Waals surface area contributed by atoms with Crippen LogP contribution in [-0.2, 0) is 0 Å². The van der Waals surface area contributed by atoms with Crippen LogP contribution in [0.4, 0.5) is 5.69 Å². The van der Waals surface area contributed by atoms with Crippen molar-refractivity contribution in [1.82, 2.24) is 4.57 Å². The van der Waals surface area contributed by atoms with Gasteiger partial charge in [0.1, 0.15) is 11.2 Å². The van der Waals surface area contributed by atoms with Crippen LogP contribution in [0.15, 0.2) is 120 Å². The molecule has 0 saturated heterocycles. The first-order chi connectivity index (χ1) is 22.6. The maximum atomic E-state index is 10.1. The van der Waals surface area contributed by atoms with E-state index in [1.807, 2.05) is 72.8 Å². The van der Waals surface area contributed by atoms with Crippen molar-refractivity contribution in [2.45, 2.75) is 0 Å². The fraction of sp³-hybridized carbons (Fsp3) is 0. The van der Waals surface area contributed by atoms with Gasteiger partial charge >= 0.3 is 0 Å². The molecule has 0 bridgehead atoms. The minimum absolute atomic E-state index is 0.400. The minimum atomic E-state index is 0.400. The lowest BCUT2D eigenvalue weighted by atomic mass is 9.92. The van der Waals surface area contributed by atoms with Crippen molar-refractivity contribution in [1.29, 1.82) is 15.8 Å². The summed E-state index contributed by atoms with van der Waals surface area (Å²) in [6.07, 6.45) is 0. The quantitative estimate of drug-likeness (QED) is 0.193. The Labute approximate surface area is 263 Å². The molecule has 0 aliphatic carbocycles. The molecule has 0 saturated carbocycles. The SMILES string of the molecule is [C-]#[N+]c1cccc(C#N)c1-c1cccc2c1c1ccc(-c3c(C#N)cccc3C#N)cc1n2-c1ccc2oc3ccccc3c2c1. The highest BCUT2D eigenvalue weighted by atomic mass is 16.3. The fourth-order valence-electron chi connectivity index (χ4n) is 6.62. The molecule has 8 aromatic rings. The van der Waals surface area contributed by atoms with E-state index in [2.05, 4.69) is 33.7 Å². The Morgan fingerprint density at radius 3 is 2.04 bits per heavy atom. The van der Waals surface area contributed by atoms with Crippen LogP contribution < -0.4 is 0 Å². The van der Waals surface area contributed by atoms with Crippen molar-refractivity contribution in [3.63, 3.8) is 0 Å². The van der Waals surface area contributed by atoms with Crippen molar-refractivity contribution < 1.29 is 4.42 Å². The molecule has 0 radical (unpaired) electrons. The van der Waals surface area contributed by atoms with Crippen molar-refractivity contribution >= 4 is 49.4 Å². The topological polar surface area (TPSA) is 93.8 Å². The van der Waals surface area contributed by atoms with Gasteiger partial charge in [0.05, 0.1) is 46.9 Å². The summed E-state index contributed by atoms with van der Waals surface area (Å²) in [5.41, 5.74) is 8.54. The van der Waals surface area contributed by atoms with Crippen molar-refractivity contribution in [3.05, 3.63) is 143 Å². The molecule has 210 valence electrons. The fourth-order valence-corrected chi connectivity index (χ4v) is 6.62. The summed E-state index contributed by atoms with van der Waals surface area (Å²) >= 11 is 0. The van der Waals surface area contributed by atoms with Crippen LogP contribution in [0.5, 0.6) is 0 Å². The number of hydrogen-bond donors (Lipinski definition) is 0. The normalized spacial score (nSPS) is 11.0. The molecule has 6 nitrogen and oxygen atoms in total. The predicted octanol–water partition coefficient (Wildman–Crippen LogP) is 10.2. The van der Waals surface area contributed by atoms with Crippen molar-refractivity contribution in [2.24, 2.45) is 0 Å². The number of fused-ring (bicyclic) bond motifs is 6. The van der Waals surface area contributed by atoms with Crippen molar-refractivity contribution in [3.8, 4) is 46.1 Å². The van der Waals surface area contributed by atoms with Crippen LogP contribution in [0.2, 0.25) is 0 Å². The lowest BCUT2D eigenvalue weighted by Gasteiger charge is -2.11. The molecule has 0 unspecified atom stereocenters. The molecule has 0 spiro atoms. The lowest BCUT2D eigenvalue weighted by molar-refractivity contribution is 0.669. The van der Waals surface area contributed by atoms with Crippen molar-refractivity contribution in [2.75, 3.05) is 0 Å². The highest BCUT2D eigenvalue weighted by Crippen LogP contribution is 2.44. The molecular weight excluding hydrogens is 566 g/mol. The van der Waals surface area contributed by atoms with Gasteiger partial charge in [0.25, 0.3) is 0 Å². The Morgan fingerprint density at radius 1 is 0.587 bits per heavy atom. The number of furan rings is 1. The second-order valence-corrected chi connectivity index (χ2v) is 10.9. The van der Waals surface area contributed by atoms with E-state index in [0.717, 1.165) is 60.6 Å². The predicted molar refractivity (Wildman–Crippen MR) is 179 cm³/mol. The van der Waals surface area contributed by atoms with E-state index in [9.17, 15) is 15.8 Å². The van der Waals surface area contributed by atoms with Gasteiger partial charge in [-0.25, -0.2) is 4.85 Å². The van der Waals surface area contributed by atoms with E-state index in [1.165, 1.54) is 0 Å². The highest BCUT2D eigenvalue weighted by molar-refractivity contribution is 6.18. The zero-order chi connectivity index (χ0) is 31.4. The number of benzene rings is 6. The van der Waals surface area contributed by atoms with Gasteiger partial charge < -0.3 is 8.98 Å². The summed E-state index contributed by atoms with van der Waals surface area (Å²) in [7, 11) is 0. The van der Waals surface area contributed by atoms with E-state index < -0.39 is 0 Å². The largest absolute Gasteiger partial charge is 0.456 e. The maximum absolute atomic E-state index is 10.1. The molecule has 0 amide bonds. The summed E-state index contributed by atoms with van der Waals surface area (Å²) in [6.45, 7) is 7.89. The Morgan fingerprint density at radius 2 is 1.28 bits per heavy atom. The molecule has 0 aliphatic heterocycles. The average molecular weight is 586 g/mol. The van der Waals surface area contributed by atoms with Gasteiger partial charge in [-0.05, 0) is 65.7 Å². The van der Waals surface area contributed by atoms with Gasteiger partial charge in [0.2, 0.25) is 0 Å². The minimum Gasteiger partial charge on any atom is -0.456 e. The Kier molecular flexibility index (Phi) is 5.91. The first-order valence-electron chi connectivity index (χ1n) is 14.5. The van der Waals surface area contributed by atoms with Crippen LogP contribution in [0.25, 0.3) is 76.5 Å². The second kappa shape index (κ2) is 10.3. The molecule has 0 N–H and O–H groups in total. The zero-order valence-corrected chi connectivity index (χ0v) is 24.1. The van der Waals surface area contributed by atoms with Gasteiger partial charge in [-0.3, -0.25) is 0 Å². The third kappa shape index (κ3) is 3.79. The summed E-state index contributed by atoms with van der Waals surface area (Å²) in [6, 6.07) is 43.1. The van der Waals surface area contributed by atoms with E-state index >= 15 is 0 Å². The van der Waals surface area contributed by atoms with Crippen LogP contribution >= 0.6 is 0 Å². The number of aromatic nitrogens is 1. The van der Waals surface area contributed by atoms with E-state index in [0.29, 0.717) is 33.5 Å². The highest BCUT2D eigenvalue weighted by Gasteiger charge is 2.22. The number of rotatable bonds is 3. The average Bonchev–Trinajstić information content (AvgIpc) is 3.65. The molecule has 6 heteroatoms. The second-order valence-electron chi connectivity index (χ2n) is 10.9. The monoisotopic (exact) mass is 585 g/mol. The van der Waals surface area contributed by atoms with Crippen LogP contribution in [0.3, 0.4) is 0 Å². The van der Waals surface area contributed by atoms with Gasteiger partial charge in [0, 0.05) is 43.9 Å². The lowest BCUT2D eigenvalue weighted by Crippen LogP contribution is -1.95. The van der Waals surface area contributed by atoms with Crippen LogP contribution in [0, 0.1) is 40.6 Å². The summed E-state index contributed by atoms with van der Waals surface area (Å²) in [5, 5.41) is 33.8. The first-order valence-corrected chi connectivity index (χ1v) is 14.5. The molecule has 8 rings (SSSR count). The molecule has 2 aromatic heterocycles. The summed E-state index contributed by atoms with van der Waals surface area (Å²) in [5.74, 6) is 0. The standard InChI is InChI=1S/C40H19N5O/c1-44-33-12-5-9-27(23-43)39(33)31-11-6-13-34-40(31)30-17-15-24(38-25(21-41)7-4-8-26(38)22-42)19-35(30)45(34)28-16-18-37-32(20-28)29-10-2-3-14-36(29)46-37/h2-20H. The molecular formula is C40H19N5O. The van der Waals surface area contributed by atoms with Gasteiger partial charge in [-0.15, -0.1) is 0 Å². The zero-order valence-electron chi connectivity index (χ0n) is 24.1. The van der Waals surface area contributed by atoms with Gasteiger partial charge in [-0.1, -0.05) is 60.7 Å². The summed E-state index contributed by atoms with van der Waals surface area (Å²) in [4.78, 5) is 3.78. The maximum Gasteiger partial charge on any atom is 0.196 e. The van der Waals surface area contributed by atoms with Crippen LogP contribution in [0.1, 0.15) is 16.7 Å². The molecule has 0 fully saturated rings. The molecule has 46 heavy (non-hydrogen) atoms. The Hall–Kier alpha value is -7.12. The number of para-hydroxylation sites is 1. The molecule has 6 aromatic carbocycles. The number of nitriles is 3. The summed E-state index contributed by atoms with van der Waals surface area (Å²) < 4.78 is 8.29. The molecule has 2 heterocycles. The first kappa shape index (κ1) is 26.5. The van der Waals surface area contributed by atoms with E-state index in [1.54, 1.807) is 36.4 Å². The van der Waals surface area contributed by atoms with E-state index in [4.69, 9.17) is 11.0 Å². The molecule has 0 aliphatic rings. The number of nitrogens with zero attached hydrogens (tertiary/aromatic N) is 5. The van der Waals surface area contributed by atoms with E-state index in [-0.39, 0.29) is 0 Å². The third-order valence-corrected chi connectivity index (χ3v) is 8.56.